The van der Waals surface area contributed by atoms with E-state index in [0.29, 0.717) is 11.3 Å². The molecule has 1 aliphatic heterocycles. The number of primary amides is 1. The van der Waals surface area contributed by atoms with E-state index in [1.165, 1.54) is 12.2 Å². The number of nitrogens with one attached hydrogen (secondary N) is 1. The number of carbonyl (C=O) groups is 1. The lowest BCUT2D eigenvalue weighted by molar-refractivity contribution is -0.121. The molecule has 0 aromatic carbocycles. The highest BCUT2D eigenvalue weighted by molar-refractivity contribution is 8.00. The molecule has 2 atom stereocenters. The van der Waals surface area contributed by atoms with Crippen LogP contribution in [0, 0.1) is 0 Å². The number of thioether (sulfide) groups is 1. The molecular weight excluding hydrogens is 184 g/mol. The van der Waals surface area contributed by atoms with Crippen LogP contribution in [0.15, 0.2) is 0 Å². The summed E-state index contributed by atoms with van der Waals surface area (Å²) in [6.07, 6.45) is 3.02. The van der Waals surface area contributed by atoms with Gasteiger partial charge in [-0.05, 0) is 25.0 Å². The fraction of sp³-hybridized carbons (Fsp3) is 0.889. The van der Waals surface area contributed by atoms with Crippen molar-refractivity contribution >= 4 is 17.7 Å². The summed E-state index contributed by atoms with van der Waals surface area (Å²) in [6.45, 7) is 2.21. The molecule has 3 N–H and O–H groups in total. The summed E-state index contributed by atoms with van der Waals surface area (Å²) in [7, 11) is 0. The van der Waals surface area contributed by atoms with Crippen molar-refractivity contribution in [2.75, 3.05) is 5.75 Å². The minimum Gasteiger partial charge on any atom is -0.368 e. The minimum absolute atomic E-state index is 0.170. The van der Waals surface area contributed by atoms with E-state index >= 15 is 0 Å². The number of rotatable bonds is 3. The van der Waals surface area contributed by atoms with Crippen molar-refractivity contribution in [2.45, 2.75) is 43.0 Å². The highest BCUT2D eigenvalue weighted by atomic mass is 32.2. The maximum Gasteiger partial charge on any atom is 0.237 e. The lowest BCUT2D eigenvalue weighted by Gasteiger charge is -2.22. The second-order valence-electron chi connectivity index (χ2n) is 4.06. The lowest BCUT2D eigenvalue weighted by atomic mass is 10.1. The van der Waals surface area contributed by atoms with Crippen molar-refractivity contribution in [3.8, 4) is 0 Å². The Morgan fingerprint density at radius 3 is 2.69 bits per heavy atom. The molecule has 1 aliphatic carbocycles. The monoisotopic (exact) mass is 200 g/mol. The third-order valence-corrected chi connectivity index (χ3v) is 4.39. The van der Waals surface area contributed by atoms with E-state index < -0.39 is 0 Å². The number of nitrogens with two attached hydrogens (primary N) is 1. The molecule has 1 amide bonds. The van der Waals surface area contributed by atoms with Gasteiger partial charge in [-0.2, -0.15) is 11.8 Å². The van der Waals surface area contributed by atoms with Gasteiger partial charge < -0.3 is 5.73 Å². The zero-order valence-corrected chi connectivity index (χ0v) is 8.69. The summed E-state index contributed by atoms with van der Waals surface area (Å²) >= 11 is 1.97. The predicted molar refractivity (Wildman–Crippen MR) is 54.6 cm³/mol. The molecule has 1 heterocycles. The van der Waals surface area contributed by atoms with Crippen LogP contribution < -0.4 is 11.1 Å². The van der Waals surface area contributed by atoms with Crippen LogP contribution in [-0.2, 0) is 4.79 Å². The van der Waals surface area contributed by atoms with Gasteiger partial charge in [0, 0.05) is 11.3 Å². The van der Waals surface area contributed by atoms with Gasteiger partial charge in [-0.1, -0.05) is 6.92 Å². The Hall–Kier alpha value is -0.220. The molecule has 3 nitrogen and oxygen atoms in total. The highest BCUT2D eigenvalue weighted by Gasteiger charge is 2.50. The summed E-state index contributed by atoms with van der Waals surface area (Å²) in [5.74, 6) is 1.03. The summed E-state index contributed by atoms with van der Waals surface area (Å²) < 4.78 is 0. The molecule has 0 aromatic rings. The number of hydrogen-bond acceptors (Lipinski definition) is 3. The zero-order valence-electron chi connectivity index (χ0n) is 7.88. The first-order valence-electron chi connectivity index (χ1n) is 4.83. The Bertz CT molecular complexity index is 228. The maximum absolute atomic E-state index is 11.1. The smallest absolute Gasteiger partial charge is 0.237 e. The Morgan fingerprint density at radius 2 is 2.31 bits per heavy atom. The molecule has 2 unspecified atom stereocenters. The summed E-state index contributed by atoms with van der Waals surface area (Å²) in [4.78, 5) is 11.1. The molecule has 0 radical (unpaired) electrons. The van der Waals surface area contributed by atoms with Gasteiger partial charge in [0.25, 0.3) is 0 Å². The number of amides is 1. The van der Waals surface area contributed by atoms with Gasteiger partial charge in [-0.3, -0.25) is 10.1 Å². The van der Waals surface area contributed by atoms with Crippen molar-refractivity contribution in [3.63, 3.8) is 0 Å². The lowest BCUT2D eigenvalue weighted by Crippen LogP contribution is -2.50. The van der Waals surface area contributed by atoms with Crippen LogP contribution in [-0.4, -0.2) is 28.5 Å². The van der Waals surface area contributed by atoms with Crippen molar-refractivity contribution < 1.29 is 4.79 Å². The average Bonchev–Trinajstić information content (AvgIpc) is 2.74. The van der Waals surface area contributed by atoms with Crippen LogP contribution >= 0.6 is 11.8 Å². The second-order valence-corrected chi connectivity index (χ2v) is 5.55. The molecule has 2 rings (SSSR count). The number of carbonyl (C=O) groups excluding carboxylic acids is 1. The average molecular weight is 200 g/mol. The standard InChI is InChI=1S/C9H16N2OS/c1-6-7(2-5-13-6)11-9(3-4-9)8(10)12/h6-7,11H,2-5H2,1H3,(H2,10,12). The molecule has 0 aromatic heterocycles. The van der Waals surface area contributed by atoms with Gasteiger partial charge in [0.1, 0.15) is 0 Å². The van der Waals surface area contributed by atoms with E-state index in [4.69, 9.17) is 5.73 Å². The molecule has 0 bridgehead atoms. The van der Waals surface area contributed by atoms with Gasteiger partial charge >= 0.3 is 0 Å². The van der Waals surface area contributed by atoms with E-state index in [9.17, 15) is 4.79 Å². The van der Waals surface area contributed by atoms with Crippen LogP contribution in [0.3, 0.4) is 0 Å². The van der Waals surface area contributed by atoms with E-state index in [-0.39, 0.29) is 11.4 Å². The summed E-state index contributed by atoms with van der Waals surface area (Å²) in [5, 5.41) is 4.04. The van der Waals surface area contributed by atoms with E-state index in [0.717, 1.165) is 12.8 Å². The van der Waals surface area contributed by atoms with Crippen molar-refractivity contribution in [3.05, 3.63) is 0 Å². The fourth-order valence-corrected chi connectivity index (χ4v) is 3.06. The second kappa shape index (κ2) is 3.17. The Balaban J connectivity index is 1.94. The summed E-state index contributed by atoms with van der Waals surface area (Å²) in [6, 6.07) is 0.486. The maximum atomic E-state index is 11.1. The first kappa shape index (κ1) is 9.34. The molecule has 2 fully saturated rings. The predicted octanol–water partition coefficient (Wildman–Crippen LogP) is 0.488. The number of hydrogen-bond donors (Lipinski definition) is 2. The van der Waals surface area contributed by atoms with Crippen LogP contribution in [0.1, 0.15) is 26.2 Å². The third-order valence-electron chi connectivity index (χ3n) is 3.06. The molecule has 2 aliphatic rings. The van der Waals surface area contributed by atoms with Crippen molar-refractivity contribution in [1.82, 2.24) is 5.32 Å². The molecule has 4 heteroatoms. The topological polar surface area (TPSA) is 55.1 Å². The first-order valence-corrected chi connectivity index (χ1v) is 5.88. The van der Waals surface area contributed by atoms with Crippen LogP contribution in [0.5, 0.6) is 0 Å². The van der Waals surface area contributed by atoms with Crippen molar-refractivity contribution in [2.24, 2.45) is 5.73 Å². The molecule has 0 spiro atoms. The van der Waals surface area contributed by atoms with E-state index in [2.05, 4.69) is 12.2 Å². The Kier molecular flexibility index (Phi) is 2.28. The van der Waals surface area contributed by atoms with E-state index in [1.807, 2.05) is 11.8 Å². The van der Waals surface area contributed by atoms with Gasteiger partial charge in [-0.15, -0.1) is 0 Å². The highest BCUT2D eigenvalue weighted by Crippen LogP contribution is 2.38. The van der Waals surface area contributed by atoms with Gasteiger partial charge in [0.05, 0.1) is 5.54 Å². The van der Waals surface area contributed by atoms with E-state index in [1.54, 1.807) is 0 Å². The fourth-order valence-electron chi connectivity index (χ4n) is 1.86. The van der Waals surface area contributed by atoms with Gasteiger partial charge in [-0.25, -0.2) is 0 Å². The van der Waals surface area contributed by atoms with Gasteiger partial charge in [0.15, 0.2) is 0 Å². The minimum atomic E-state index is -0.330. The normalized spacial score (nSPS) is 36.1. The van der Waals surface area contributed by atoms with Crippen LogP contribution in [0.2, 0.25) is 0 Å². The molecule has 1 saturated heterocycles. The Morgan fingerprint density at radius 1 is 1.62 bits per heavy atom. The van der Waals surface area contributed by atoms with Crippen LogP contribution in [0.4, 0.5) is 0 Å². The van der Waals surface area contributed by atoms with Crippen molar-refractivity contribution in [1.29, 1.82) is 0 Å². The molecular formula is C9H16N2OS. The first-order chi connectivity index (χ1) is 6.14. The summed E-state index contributed by atoms with van der Waals surface area (Å²) in [5.41, 5.74) is 5.02. The zero-order chi connectivity index (χ0) is 9.47. The van der Waals surface area contributed by atoms with Gasteiger partial charge in [0.2, 0.25) is 5.91 Å². The molecule has 1 saturated carbocycles. The quantitative estimate of drug-likeness (QED) is 0.697. The molecule has 13 heavy (non-hydrogen) atoms. The molecule has 74 valence electrons. The van der Waals surface area contributed by atoms with Crippen LogP contribution in [0.25, 0.3) is 0 Å². The SMILES string of the molecule is CC1SCCC1NC1(C(N)=O)CC1. The largest absolute Gasteiger partial charge is 0.368 e. The Labute approximate surface area is 82.8 Å². The third kappa shape index (κ3) is 1.70.